The molecule has 30 heavy (non-hydrogen) atoms. The minimum atomic E-state index is -3.25. The van der Waals surface area contributed by atoms with Gasteiger partial charge in [0.15, 0.2) is 15.7 Å². The molecule has 2 heterocycles. The molecular formula is C23H23N3O3S. The number of hydrogen-bond acceptors (Lipinski definition) is 5. The Kier molecular flexibility index (Phi) is 5.15. The lowest BCUT2D eigenvalue weighted by atomic mass is 9.97. The summed E-state index contributed by atoms with van der Waals surface area (Å²) in [7, 11) is -3.25. The molecule has 0 radical (unpaired) electrons. The first kappa shape index (κ1) is 20.2. The Labute approximate surface area is 176 Å². The Bertz CT molecular complexity index is 1220. The van der Waals surface area contributed by atoms with Crippen LogP contribution in [0.3, 0.4) is 0 Å². The van der Waals surface area contributed by atoms with E-state index in [-0.39, 0.29) is 17.2 Å². The van der Waals surface area contributed by atoms with E-state index in [4.69, 9.17) is 4.98 Å². The molecule has 1 aliphatic heterocycles. The van der Waals surface area contributed by atoms with Crippen LogP contribution in [0.15, 0.2) is 59.6 Å². The molecular weight excluding hydrogens is 398 g/mol. The average molecular weight is 422 g/mol. The van der Waals surface area contributed by atoms with Gasteiger partial charge in [-0.1, -0.05) is 50.2 Å². The second kappa shape index (κ2) is 7.65. The summed E-state index contributed by atoms with van der Waals surface area (Å²) >= 11 is 0. The van der Waals surface area contributed by atoms with Gasteiger partial charge in [-0.3, -0.25) is 9.69 Å². The third kappa shape index (κ3) is 3.85. The van der Waals surface area contributed by atoms with Crippen molar-refractivity contribution in [2.45, 2.75) is 37.6 Å². The number of sulfone groups is 1. The summed E-state index contributed by atoms with van der Waals surface area (Å²) in [6.45, 7) is 4.59. The number of hydrogen-bond donors (Lipinski definition) is 0. The van der Waals surface area contributed by atoms with Gasteiger partial charge in [-0.05, 0) is 29.2 Å². The van der Waals surface area contributed by atoms with E-state index in [9.17, 15) is 13.2 Å². The zero-order valence-corrected chi connectivity index (χ0v) is 18.0. The van der Waals surface area contributed by atoms with Crippen LogP contribution in [0.5, 0.6) is 0 Å². The summed E-state index contributed by atoms with van der Waals surface area (Å²) in [6.07, 6.45) is 3.18. The summed E-state index contributed by atoms with van der Waals surface area (Å²) in [5.74, 6) is 1.51. The molecule has 0 fully saturated rings. The molecule has 0 unspecified atom stereocenters. The maximum atomic E-state index is 12.6. The topological polar surface area (TPSA) is 80.2 Å². The van der Waals surface area contributed by atoms with Gasteiger partial charge in [-0.25, -0.2) is 18.4 Å². The van der Waals surface area contributed by atoms with Crippen molar-refractivity contribution in [3.05, 3.63) is 71.4 Å². The van der Waals surface area contributed by atoms with Gasteiger partial charge in [0.1, 0.15) is 5.82 Å². The van der Waals surface area contributed by atoms with Crippen LogP contribution in [-0.2, 0) is 27.6 Å². The maximum Gasteiger partial charge on any atom is 0.233 e. The van der Waals surface area contributed by atoms with E-state index in [2.05, 4.69) is 24.9 Å². The molecule has 0 spiro atoms. The van der Waals surface area contributed by atoms with Crippen LogP contribution in [0.4, 0.5) is 5.82 Å². The molecule has 3 aromatic rings. The second-order valence-corrected chi connectivity index (χ2v) is 9.87. The van der Waals surface area contributed by atoms with E-state index in [1.54, 1.807) is 35.4 Å². The molecule has 1 aliphatic rings. The van der Waals surface area contributed by atoms with Crippen LogP contribution in [0.2, 0.25) is 0 Å². The molecule has 2 aromatic carbocycles. The van der Waals surface area contributed by atoms with E-state index >= 15 is 0 Å². The van der Waals surface area contributed by atoms with Crippen molar-refractivity contribution in [1.82, 2.24) is 9.97 Å². The van der Waals surface area contributed by atoms with Gasteiger partial charge in [0.2, 0.25) is 5.91 Å². The summed E-state index contributed by atoms with van der Waals surface area (Å²) in [6, 6.07) is 14.6. The van der Waals surface area contributed by atoms with Crippen molar-refractivity contribution in [2.75, 3.05) is 11.2 Å². The summed E-state index contributed by atoms with van der Waals surface area (Å²) in [5.41, 5.74) is 3.77. The minimum Gasteiger partial charge on any atom is -0.292 e. The first-order chi connectivity index (χ1) is 14.2. The average Bonchev–Trinajstić information content (AvgIpc) is 3.02. The molecule has 1 aromatic heterocycles. The zero-order chi connectivity index (χ0) is 21.5. The number of aromatic nitrogens is 2. The van der Waals surface area contributed by atoms with Gasteiger partial charge in [-0.2, -0.15) is 0 Å². The smallest absolute Gasteiger partial charge is 0.233 e. The Hall–Kier alpha value is -3.06. The molecule has 0 saturated heterocycles. The fourth-order valence-electron chi connectivity index (χ4n) is 3.65. The molecule has 154 valence electrons. The van der Waals surface area contributed by atoms with E-state index in [1.165, 1.54) is 6.26 Å². The predicted octanol–water partition coefficient (Wildman–Crippen LogP) is 3.76. The lowest BCUT2D eigenvalue weighted by Crippen LogP contribution is -2.26. The largest absolute Gasteiger partial charge is 0.292 e. The highest BCUT2D eigenvalue weighted by atomic mass is 32.2. The van der Waals surface area contributed by atoms with Crippen molar-refractivity contribution in [3.63, 3.8) is 0 Å². The highest BCUT2D eigenvalue weighted by Crippen LogP contribution is 2.32. The van der Waals surface area contributed by atoms with Crippen LogP contribution in [0, 0.1) is 0 Å². The molecule has 1 amide bonds. The van der Waals surface area contributed by atoms with Crippen LogP contribution >= 0.6 is 0 Å². The lowest BCUT2D eigenvalue weighted by molar-refractivity contribution is -0.117. The van der Waals surface area contributed by atoms with Crippen molar-refractivity contribution in [2.24, 2.45) is 0 Å². The molecule has 0 bridgehead atoms. The minimum absolute atomic E-state index is 0.0409. The fourth-order valence-corrected chi connectivity index (χ4v) is 4.28. The Morgan fingerprint density at radius 3 is 2.43 bits per heavy atom. The Balaban J connectivity index is 1.68. The first-order valence-electron chi connectivity index (χ1n) is 9.78. The maximum absolute atomic E-state index is 12.6. The van der Waals surface area contributed by atoms with Gasteiger partial charge in [-0.15, -0.1) is 0 Å². The van der Waals surface area contributed by atoms with E-state index in [1.807, 2.05) is 18.2 Å². The number of carbonyl (C=O) groups is 1. The molecule has 7 heteroatoms. The van der Waals surface area contributed by atoms with Crippen LogP contribution in [0.25, 0.3) is 11.4 Å². The Morgan fingerprint density at radius 1 is 1.07 bits per heavy atom. The fraction of sp³-hybridized carbons (Fsp3) is 0.261. The zero-order valence-electron chi connectivity index (χ0n) is 17.2. The number of anilines is 1. The molecule has 0 atom stereocenters. The summed E-state index contributed by atoms with van der Waals surface area (Å²) in [5, 5.41) is 0. The van der Waals surface area contributed by atoms with Crippen molar-refractivity contribution in [1.29, 1.82) is 0 Å². The van der Waals surface area contributed by atoms with Gasteiger partial charge in [0.25, 0.3) is 0 Å². The van der Waals surface area contributed by atoms with Crippen LogP contribution < -0.4 is 4.90 Å². The number of rotatable bonds is 5. The summed E-state index contributed by atoms with van der Waals surface area (Å²) < 4.78 is 23.3. The van der Waals surface area contributed by atoms with E-state index in [0.717, 1.165) is 22.3 Å². The number of carbonyl (C=O) groups excluding carboxylic acids is 1. The Morgan fingerprint density at radius 2 is 1.77 bits per heavy atom. The second-order valence-electron chi connectivity index (χ2n) is 7.86. The monoisotopic (exact) mass is 421 g/mol. The quantitative estimate of drug-likeness (QED) is 0.627. The lowest BCUT2D eigenvalue weighted by Gasteiger charge is -2.18. The van der Waals surface area contributed by atoms with Crippen LogP contribution in [0.1, 0.15) is 36.5 Å². The number of fused-ring (bicyclic) bond motifs is 1. The van der Waals surface area contributed by atoms with Gasteiger partial charge < -0.3 is 0 Å². The molecule has 0 saturated carbocycles. The highest BCUT2D eigenvalue weighted by Gasteiger charge is 2.30. The van der Waals surface area contributed by atoms with Gasteiger partial charge >= 0.3 is 0 Å². The van der Waals surface area contributed by atoms with Crippen molar-refractivity contribution < 1.29 is 13.2 Å². The van der Waals surface area contributed by atoms with Gasteiger partial charge in [0, 0.05) is 23.6 Å². The summed E-state index contributed by atoms with van der Waals surface area (Å²) in [4.78, 5) is 23.8. The predicted molar refractivity (Wildman–Crippen MR) is 116 cm³/mol. The van der Waals surface area contributed by atoms with Crippen molar-refractivity contribution >= 4 is 21.6 Å². The molecule has 4 rings (SSSR count). The highest BCUT2D eigenvalue weighted by molar-refractivity contribution is 7.90. The molecule has 6 nitrogen and oxygen atoms in total. The van der Waals surface area contributed by atoms with E-state index in [0.29, 0.717) is 24.1 Å². The number of benzene rings is 2. The third-order valence-corrected chi connectivity index (χ3v) is 6.38. The normalized spacial score (nSPS) is 13.7. The molecule has 0 N–H and O–H groups in total. The van der Waals surface area contributed by atoms with Crippen molar-refractivity contribution in [3.8, 4) is 11.4 Å². The molecule has 0 aliphatic carbocycles. The SMILES string of the molecule is CC(C)c1ccccc1-c1ncc2c(n1)N(Cc1ccc(S(C)(=O)=O)cc1)C(=O)C2. The standard InChI is InChI=1S/C23H23N3O3S/c1-15(2)19-6-4-5-7-20(19)22-24-13-17-12-21(27)26(23(17)25-22)14-16-8-10-18(11-9-16)30(3,28)29/h4-11,13,15H,12,14H2,1-3H3. The third-order valence-electron chi connectivity index (χ3n) is 5.26. The van der Waals surface area contributed by atoms with Gasteiger partial charge in [0.05, 0.1) is 17.9 Å². The number of amides is 1. The first-order valence-corrected chi connectivity index (χ1v) is 11.7. The van der Waals surface area contributed by atoms with E-state index < -0.39 is 9.84 Å². The number of nitrogens with zero attached hydrogens (tertiary/aromatic N) is 3. The van der Waals surface area contributed by atoms with Crippen LogP contribution in [-0.4, -0.2) is 30.5 Å².